The molecule has 2 aromatic rings. The molecule has 12 heteroatoms. The van der Waals surface area contributed by atoms with Crippen molar-refractivity contribution < 1.29 is 37.7 Å². The van der Waals surface area contributed by atoms with Gasteiger partial charge in [-0.05, 0) is 141 Å². The molecule has 0 radical (unpaired) electrons. The lowest BCUT2D eigenvalue weighted by atomic mass is 9.79. The minimum absolute atomic E-state index is 0.0221. The molecule has 1 aliphatic rings. The fourth-order valence-corrected chi connectivity index (χ4v) is 7.72. The van der Waals surface area contributed by atoms with Crippen molar-refractivity contribution in [2.75, 3.05) is 0 Å². The predicted molar refractivity (Wildman–Crippen MR) is 223 cm³/mol. The Hall–Kier alpha value is -1.64. The average Bonchev–Trinajstić information content (AvgIpc) is 3.18. The topological polar surface area (TPSA) is 95.8 Å². The Morgan fingerprint density at radius 1 is 0.596 bits per heavy atom. The van der Waals surface area contributed by atoms with Crippen LogP contribution in [0.4, 0.5) is 0 Å². The summed E-state index contributed by atoms with van der Waals surface area (Å²) in [6.45, 7) is 43.1. The van der Waals surface area contributed by atoms with Crippen LogP contribution in [0.1, 0.15) is 111 Å². The molecule has 8 nitrogen and oxygen atoms in total. The van der Waals surface area contributed by atoms with E-state index in [0.717, 1.165) is 11.2 Å². The normalized spacial score (nSPS) is 17.9. The van der Waals surface area contributed by atoms with Crippen LogP contribution in [0.2, 0.25) is 36.3 Å². The molecule has 3 rings (SSSR count). The van der Waals surface area contributed by atoms with E-state index in [4.69, 9.17) is 37.7 Å². The molecule has 0 spiro atoms. The lowest BCUT2D eigenvalue weighted by Gasteiger charge is -2.43. The highest BCUT2D eigenvalue weighted by Crippen LogP contribution is 2.40. The SMILES string of the molecule is CC(O[Si](C)(C)C(C)(C)C)C(C)(C)Oc1ccc(B(O)O)cc1.CC(O[Si](C)(C)C(C)(C)C)C(C)(C)Oc1ccc(B2OC(C)(C)C(C)(C)O2)cc1. The Kier molecular flexibility index (Phi) is 14.5. The van der Waals surface area contributed by atoms with Gasteiger partial charge in [-0.3, -0.25) is 0 Å². The van der Waals surface area contributed by atoms with Crippen LogP contribution in [0, 0.1) is 0 Å². The maximum absolute atomic E-state index is 9.14. The van der Waals surface area contributed by atoms with Crippen LogP contribution in [0.15, 0.2) is 48.5 Å². The lowest BCUT2D eigenvalue weighted by molar-refractivity contribution is -0.0104. The van der Waals surface area contributed by atoms with Crippen molar-refractivity contribution in [3.8, 4) is 11.5 Å². The van der Waals surface area contributed by atoms with Gasteiger partial charge in [0.05, 0.1) is 23.4 Å². The molecule has 294 valence electrons. The zero-order chi connectivity index (χ0) is 40.5. The first kappa shape index (κ1) is 46.5. The predicted octanol–water partition coefficient (Wildman–Crippen LogP) is 8.49. The van der Waals surface area contributed by atoms with Gasteiger partial charge in [-0.1, -0.05) is 65.8 Å². The van der Waals surface area contributed by atoms with Crippen molar-refractivity contribution in [3.63, 3.8) is 0 Å². The minimum atomic E-state index is -1.86. The monoisotopic (exact) mass is 758 g/mol. The fraction of sp³-hybridized carbons (Fsp3) is 0.700. The molecular weight excluding hydrogens is 686 g/mol. The van der Waals surface area contributed by atoms with Crippen LogP contribution in [-0.2, 0) is 18.2 Å². The molecule has 0 saturated carbocycles. The van der Waals surface area contributed by atoms with Gasteiger partial charge in [0.2, 0.25) is 0 Å². The molecule has 2 N–H and O–H groups in total. The van der Waals surface area contributed by atoms with Crippen molar-refractivity contribution >= 4 is 41.8 Å². The number of rotatable bonds is 12. The number of hydrogen-bond acceptors (Lipinski definition) is 8. The van der Waals surface area contributed by atoms with Crippen molar-refractivity contribution in [2.24, 2.45) is 0 Å². The molecule has 0 aromatic heterocycles. The molecule has 1 aliphatic heterocycles. The maximum Gasteiger partial charge on any atom is 0.494 e. The number of ether oxygens (including phenoxy) is 2. The van der Waals surface area contributed by atoms with Gasteiger partial charge in [-0.25, -0.2) is 0 Å². The molecule has 2 atom stereocenters. The molecule has 2 unspecified atom stereocenters. The van der Waals surface area contributed by atoms with Crippen molar-refractivity contribution in [3.05, 3.63) is 48.5 Å². The largest absolute Gasteiger partial charge is 0.494 e. The van der Waals surface area contributed by atoms with E-state index < -0.39 is 35.0 Å². The van der Waals surface area contributed by atoms with Crippen molar-refractivity contribution in [2.45, 2.75) is 182 Å². The molecular formula is C40H72B2O8Si2. The van der Waals surface area contributed by atoms with Crippen LogP contribution < -0.4 is 20.4 Å². The zero-order valence-corrected chi connectivity index (χ0v) is 38.3. The fourth-order valence-electron chi connectivity index (χ4n) is 4.67. The average molecular weight is 759 g/mol. The molecule has 1 saturated heterocycles. The highest BCUT2D eigenvalue weighted by molar-refractivity contribution is 6.74. The van der Waals surface area contributed by atoms with E-state index >= 15 is 0 Å². The molecule has 1 fully saturated rings. The Labute approximate surface area is 320 Å². The van der Waals surface area contributed by atoms with Gasteiger partial charge in [0, 0.05) is 0 Å². The van der Waals surface area contributed by atoms with E-state index in [1.807, 2.05) is 45.0 Å². The summed E-state index contributed by atoms with van der Waals surface area (Å²) < 4.78 is 37.7. The molecule has 1 heterocycles. The Balaban J connectivity index is 0.000000371. The van der Waals surface area contributed by atoms with Crippen molar-refractivity contribution in [1.82, 2.24) is 0 Å². The second-order valence-corrected chi connectivity index (χ2v) is 29.1. The standard InChI is InChI=1S/C23H41BO4Si.C17H31BO4Si/c1-17(26-29(11,12)20(2,3)4)21(5,6)25-19-15-13-18(14-16-19)24-27-22(7,8)23(9,10)28-24;1-13(22-23(7,8)16(2,3)4)17(5,6)21-15-11-9-14(10-12-15)18(19)20/h13-17H,1-12H3;9-13,19-20H,1-8H3. The van der Waals surface area contributed by atoms with Crippen LogP contribution in [-0.4, -0.2) is 75.5 Å². The van der Waals surface area contributed by atoms with Gasteiger partial charge >= 0.3 is 14.2 Å². The highest BCUT2D eigenvalue weighted by atomic mass is 28.4. The van der Waals surface area contributed by atoms with Gasteiger partial charge in [0.1, 0.15) is 22.7 Å². The summed E-state index contributed by atoms with van der Waals surface area (Å²) in [7, 11) is -5.55. The van der Waals surface area contributed by atoms with E-state index in [-0.39, 0.29) is 40.6 Å². The van der Waals surface area contributed by atoms with Gasteiger partial charge in [0.15, 0.2) is 16.6 Å². The summed E-state index contributed by atoms with van der Waals surface area (Å²) in [5, 5.41) is 18.6. The summed E-state index contributed by atoms with van der Waals surface area (Å²) >= 11 is 0. The van der Waals surface area contributed by atoms with Gasteiger partial charge < -0.3 is 37.7 Å². The first-order valence-corrected chi connectivity index (χ1v) is 24.6. The van der Waals surface area contributed by atoms with E-state index in [2.05, 4.69) is 116 Å². The number of hydrogen-bond donors (Lipinski definition) is 2. The quantitative estimate of drug-likeness (QED) is 0.208. The van der Waals surface area contributed by atoms with E-state index in [1.165, 1.54) is 0 Å². The van der Waals surface area contributed by atoms with Gasteiger partial charge in [-0.15, -0.1) is 0 Å². The lowest BCUT2D eigenvalue weighted by Crippen LogP contribution is -2.51. The van der Waals surface area contributed by atoms with Gasteiger partial charge in [0.25, 0.3) is 0 Å². The smallest absolute Gasteiger partial charge is 0.485 e. The summed E-state index contributed by atoms with van der Waals surface area (Å²) in [6.07, 6.45) is -0.0855. The van der Waals surface area contributed by atoms with E-state index in [1.54, 1.807) is 24.3 Å². The Morgan fingerprint density at radius 3 is 1.19 bits per heavy atom. The molecule has 0 bridgehead atoms. The molecule has 0 aliphatic carbocycles. The summed E-state index contributed by atoms with van der Waals surface area (Å²) in [5.41, 5.74) is -0.174. The van der Waals surface area contributed by atoms with Crippen molar-refractivity contribution in [1.29, 1.82) is 0 Å². The second kappa shape index (κ2) is 16.2. The third kappa shape index (κ3) is 11.9. The molecule has 0 amide bonds. The Bertz CT molecular complexity index is 1410. The molecule has 52 heavy (non-hydrogen) atoms. The second-order valence-electron chi connectivity index (χ2n) is 19.6. The molecule has 2 aromatic carbocycles. The van der Waals surface area contributed by atoms with E-state index in [0.29, 0.717) is 11.2 Å². The van der Waals surface area contributed by atoms with Crippen LogP contribution in [0.3, 0.4) is 0 Å². The maximum atomic E-state index is 9.14. The summed E-state index contributed by atoms with van der Waals surface area (Å²) in [6, 6.07) is 14.8. The minimum Gasteiger partial charge on any atom is -0.485 e. The third-order valence-corrected chi connectivity index (χ3v) is 21.0. The highest BCUT2D eigenvalue weighted by Gasteiger charge is 2.52. The van der Waals surface area contributed by atoms with Crippen LogP contribution >= 0.6 is 0 Å². The van der Waals surface area contributed by atoms with Crippen LogP contribution in [0.5, 0.6) is 11.5 Å². The van der Waals surface area contributed by atoms with E-state index in [9.17, 15) is 0 Å². The zero-order valence-electron chi connectivity index (χ0n) is 36.3. The first-order valence-electron chi connectivity index (χ1n) is 18.8. The van der Waals surface area contributed by atoms with Gasteiger partial charge in [-0.2, -0.15) is 0 Å². The Morgan fingerprint density at radius 2 is 0.904 bits per heavy atom. The van der Waals surface area contributed by atoms with Crippen LogP contribution in [0.25, 0.3) is 0 Å². The summed E-state index contributed by atoms with van der Waals surface area (Å²) in [5.74, 6) is 1.51. The first-order chi connectivity index (χ1) is 23.1. The summed E-state index contributed by atoms with van der Waals surface area (Å²) in [4.78, 5) is 0. The number of benzene rings is 2. The third-order valence-electron chi connectivity index (χ3n) is 11.9.